The van der Waals surface area contributed by atoms with Crippen LogP contribution >= 0.6 is 0 Å². The summed E-state index contributed by atoms with van der Waals surface area (Å²) in [4.78, 5) is 0. The van der Waals surface area contributed by atoms with Gasteiger partial charge in [0.15, 0.2) is 8.32 Å². The van der Waals surface area contributed by atoms with Crippen molar-refractivity contribution in [2.24, 2.45) is 0 Å². The van der Waals surface area contributed by atoms with Crippen molar-refractivity contribution in [1.29, 1.82) is 0 Å². The standard InChI is InChI=1S/C16H36OSi/c1-8-10-12-16(7)17-18(14(3)4,15(5)6)13-11-9-2/h14-16H,8-13H2,1-7H3. The molecule has 0 amide bonds. The molecule has 0 aliphatic carbocycles. The lowest BCUT2D eigenvalue weighted by Gasteiger charge is -2.41. The van der Waals surface area contributed by atoms with Crippen molar-refractivity contribution < 1.29 is 4.43 Å². The summed E-state index contributed by atoms with van der Waals surface area (Å²) in [6.45, 7) is 16.4. The van der Waals surface area contributed by atoms with Gasteiger partial charge >= 0.3 is 0 Å². The molecule has 0 aromatic rings. The second kappa shape index (κ2) is 9.14. The van der Waals surface area contributed by atoms with E-state index in [0.29, 0.717) is 6.10 Å². The van der Waals surface area contributed by atoms with Gasteiger partial charge in [-0.2, -0.15) is 0 Å². The third-order valence-electron chi connectivity index (χ3n) is 4.26. The molecule has 0 N–H and O–H groups in total. The molecule has 18 heavy (non-hydrogen) atoms. The van der Waals surface area contributed by atoms with Gasteiger partial charge in [-0.3, -0.25) is 0 Å². The molecule has 0 fully saturated rings. The molecule has 0 saturated carbocycles. The van der Waals surface area contributed by atoms with Crippen LogP contribution in [0.3, 0.4) is 0 Å². The molecule has 0 saturated heterocycles. The van der Waals surface area contributed by atoms with Crippen molar-refractivity contribution in [2.75, 3.05) is 0 Å². The minimum absolute atomic E-state index is 0.457. The maximum atomic E-state index is 6.70. The molecule has 0 spiro atoms. The first-order valence-electron chi connectivity index (χ1n) is 8.08. The number of rotatable bonds is 10. The fourth-order valence-corrected chi connectivity index (χ4v) is 7.88. The smallest absolute Gasteiger partial charge is 0.198 e. The van der Waals surface area contributed by atoms with Crippen LogP contribution in [0, 0.1) is 0 Å². The Balaban J connectivity index is 4.71. The summed E-state index contributed by atoms with van der Waals surface area (Å²) >= 11 is 0. The van der Waals surface area contributed by atoms with Gasteiger partial charge in [-0.05, 0) is 30.5 Å². The average Bonchev–Trinajstić information content (AvgIpc) is 2.31. The van der Waals surface area contributed by atoms with Crippen LogP contribution in [0.25, 0.3) is 0 Å². The summed E-state index contributed by atoms with van der Waals surface area (Å²) in [5, 5.41) is 0. The first-order chi connectivity index (χ1) is 8.40. The second-order valence-corrected chi connectivity index (χ2v) is 11.4. The normalized spacial score (nSPS) is 14.5. The van der Waals surface area contributed by atoms with Crippen LogP contribution in [-0.4, -0.2) is 14.4 Å². The summed E-state index contributed by atoms with van der Waals surface area (Å²) in [5.74, 6) is 0. The largest absolute Gasteiger partial charge is 0.414 e. The van der Waals surface area contributed by atoms with E-state index in [1.54, 1.807) is 0 Å². The number of hydrogen-bond acceptors (Lipinski definition) is 1. The van der Waals surface area contributed by atoms with E-state index >= 15 is 0 Å². The maximum Gasteiger partial charge on any atom is 0.198 e. The van der Waals surface area contributed by atoms with Crippen molar-refractivity contribution in [3.05, 3.63) is 0 Å². The van der Waals surface area contributed by atoms with Crippen LogP contribution in [0.15, 0.2) is 0 Å². The van der Waals surface area contributed by atoms with Gasteiger partial charge in [0.1, 0.15) is 0 Å². The molecule has 0 radical (unpaired) electrons. The highest BCUT2D eigenvalue weighted by molar-refractivity contribution is 6.76. The molecule has 0 aliphatic heterocycles. The van der Waals surface area contributed by atoms with E-state index in [4.69, 9.17) is 4.43 Å². The molecule has 0 bridgehead atoms. The first kappa shape index (κ1) is 18.2. The van der Waals surface area contributed by atoms with Gasteiger partial charge in [-0.25, -0.2) is 0 Å². The average molecular weight is 273 g/mol. The monoisotopic (exact) mass is 272 g/mol. The molecular weight excluding hydrogens is 236 g/mol. The van der Waals surface area contributed by atoms with E-state index in [9.17, 15) is 0 Å². The van der Waals surface area contributed by atoms with Gasteiger partial charge in [0.2, 0.25) is 0 Å². The molecule has 110 valence electrons. The highest BCUT2D eigenvalue weighted by Crippen LogP contribution is 2.39. The number of unbranched alkanes of at least 4 members (excludes halogenated alkanes) is 2. The molecular formula is C16H36OSi. The Labute approximate surface area is 117 Å². The lowest BCUT2D eigenvalue weighted by atomic mass is 10.2. The SMILES string of the molecule is CCCCC(C)O[Si](CCCC)(C(C)C)C(C)C. The predicted molar refractivity (Wildman–Crippen MR) is 85.7 cm³/mol. The van der Waals surface area contributed by atoms with E-state index in [-0.39, 0.29) is 0 Å². The third-order valence-corrected chi connectivity index (χ3v) is 10.1. The summed E-state index contributed by atoms with van der Waals surface area (Å²) < 4.78 is 6.70. The van der Waals surface area contributed by atoms with E-state index < -0.39 is 8.32 Å². The van der Waals surface area contributed by atoms with Crippen molar-refractivity contribution in [1.82, 2.24) is 0 Å². The summed E-state index contributed by atoms with van der Waals surface area (Å²) in [5.41, 5.74) is 1.46. The Morgan fingerprint density at radius 1 is 0.833 bits per heavy atom. The van der Waals surface area contributed by atoms with Crippen LogP contribution in [-0.2, 0) is 4.43 Å². The zero-order chi connectivity index (χ0) is 14.2. The molecule has 1 atom stereocenters. The fraction of sp³-hybridized carbons (Fsp3) is 1.00. The van der Waals surface area contributed by atoms with E-state index in [1.807, 2.05) is 0 Å². The Hall–Kier alpha value is 0.177. The Bertz CT molecular complexity index is 193. The molecule has 0 aromatic heterocycles. The minimum Gasteiger partial charge on any atom is -0.414 e. The van der Waals surface area contributed by atoms with Gasteiger partial charge in [-0.1, -0.05) is 67.2 Å². The maximum absolute atomic E-state index is 6.70. The van der Waals surface area contributed by atoms with Crippen LogP contribution in [0.5, 0.6) is 0 Å². The minimum atomic E-state index is -1.58. The molecule has 0 aromatic carbocycles. The van der Waals surface area contributed by atoms with Gasteiger partial charge in [0.05, 0.1) is 0 Å². The number of hydrogen-bond donors (Lipinski definition) is 0. The molecule has 1 unspecified atom stereocenters. The van der Waals surface area contributed by atoms with Gasteiger partial charge in [-0.15, -0.1) is 0 Å². The third kappa shape index (κ3) is 5.44. The highest BCUT2D eigenvalue weighted by atomic mass is 28.4. The van der Waals surface area contributed by atoms with Crippen molar-refractivity contribution >= 4 is 8.32 Å². The lowest BCUT2D eigenvalue weighted by Crippen LogP contribution is -2.47. The van der Waals surface area contributed by atoms with Gasteiger partial charge in [0, 0.05) is 6.10 Å². The van der Waals surface area contributed by atoms with E-state index in [0.717, 1.165) is 11.1 Å². The highest BCUT2D eigenvalue weighted by Gasteiger charge is 2.42. The van der Waals surface area contributed by atoms with Crippen molar-refractivity contribution in [3.8, 4) is 0 Å². The van der Waals surface area contributed by atoms with Gasteiger partial charge < -0.3 is 4.43 Å². The lowest BCUT2D eigenvalue weighted by molar-refractivity contribution is 0.182. The molecule has 0 heterocycles. The van der Waals surface area contributed by atoms with Crippen LogP contribution in [0.2, 0.25) is 17.1 Å². The Morgan fingerprint density at radius 3 is 1.72 bits per heavy atom. The summed E-state index contributed by atoms with van der Waals surface area (Å²) in [6.07, 6.45) is 6.90. The van der Waals surface area contributed by atoms with Crippen LogP contribution in [0.1, 0.15) is 80.6 Å². The quantitative estimate of drug-likeness (QED) is 0.434. The van der Waals surface area contributed by atoms with Crippen LogP contribution in [0.4, 0.5) is 0 Å². The molecule has 0 rings (SSSR count). The van der Waals surface area contributed by atoms with Crippen molar-refractivity contribution in [3.63, 3.8) is 0 Å². The zero-order valence-corrected chi connectivity index (χ0v) is 14.9. The predicted octanol–water partition coefficient (Wildman–Crippen LogP) is 6.15. The van der Waals surface area contributed by atoms with Gasteiger partial charge in [0.25, 0.3) is 0 Å². The second-order valence-electron chi connectivity index (χ2n) is 6.44. The fourth-order valence-electron chi connectivity index (χ4n) is 2.95. The van der Waals surface area contributed by atoms with E-state index in [2.05, 4.69) is 48.5 Å². The Kier molecular flexibility index (Phi) is 9.23. The Morgan fingerprint density at radius 2 is 1.33 bits per heavy atom. The topological polar surface area (TPSA) is 9.23 Å². The molecule has 1 nitrogen and oxygen atoms in total. The summed E-state index contributed by atoms with van der Waals surface area (Å²) in [6, 6.07) is 1.34. The van der Waals surface area contributed by atoms with Crippen LogP contribution < -0.4 is 0 Å². The zero-order valence-electron chi connectivity index (χ0n) is 13.9. The van der Waals surface area contributed by atoms with E-state index in [1.165, 1.54) is 38.1 Å². The van der Waals surface area contributed by atoms with Crippen molar-refractivity contribution in [2.45, 2.75) is 104 Å². The summed E-state index contributed by atoms with van der Waals surface area (Å²) in [7, 11) is -1.58. The molecule has 2 heteroatoms. The molecule has 0 aliphatic rings. The first-order valence-corrected chi connectivity index (χ1v) is 10.3.